The molecule has 0 aliphatic heterocycles. The van der Waals surface area contributed by atoms with Gasteiger partial charge in [0, 0.05) is 45.0 Å². The SMILES string of the molecule is COc1ccc2[n-]c([S@@](=O)Cc3ncc(C)c(OC)c3C)nc2c1.COc1ccc2[n-]c([S@@](=O)Cc3ncc(C)c(OC)c3C)nc2c1.O.O.O.O.O.[Sr+2]. The van der Waals surface area contributed by atoms with Crippen LogP contribution in [0.3, 0.4) is 0 Å². The maximum absolute atomic E-state index is 12.6. The monoisotopic (exact) mass is 866 g/mol. The third-order valence-electron chi connectivity index (χ3n) is 7.67. The minimum atomic E-state index is -1.38. The molecule has 0 unspecified atom stereocenters. The van der Waals surface area contributed by atoms with Crippen molar-refractivity contribution < 1.29 is 54.7 Å². The van der Waals surface area contributed by atoms with Crippen molar-refractivity contribution in [3.05, 3.63) is 82.4 Å². The summed E-state index contributed by atoms with van der Waals surface area (Å²) in [6.45, 7) is 7.69. The Kier molecular flexibility index (Phi) is 22.8. The van der Waals surface area contributed by atoms with Crippen LogP contribution in [0.1, 0.15) is 33.6 Å². The molecule has 0 aliphatic carbocycles. The van der Waals surface area contributed by atoms with Crippen molar-refractivity contribution in [1.29, 1.82) is 0 Å². The van der Waals surface area contributed by atoms with Gasteiger partial charge in [-0.25, -0.2) is 0 Å². The number of benzene rings is 2. The van der Waals surface area contributed by atoms with Gasteiger partial charge in [-0.05, 0) is 74.0 Å². The summed E-state index contributed by atoms with van der Waals surface area (Å²) in [5, 5.41) is 0.609. The summed E-state index contributed by atoms with van der Waals surface area (Å²) in [4.78, 5) is 26.2. The van der Waals surface area contributed by atoms with Gasteiger partial charge < -0.3 is 66.3 Å². The Morgan fingerprint density at radius 3 is 1.24 bits per heavy atom. The van der Waals surface area contributed by atoms with Crippen LogP contribution >= 0.6 is 0 Å². The van der Waals surface area contributed by atoms with E-state index >= 15 is 0 Å². The summed E-state index contributed by atoms with van der Waals surface area (Å²) in [5.41, 5.74) is 7.87. The molecule has 2 atom stereocenters. The number of imidazole rings is 2. The molecule has 20 heteroatoms. The first-order chi connectivity index (χ1) is 23.1. The Balaban J connectivity index is 0. The van der Waals surface area contributed by atoms with Crippen LogP contribution in [-0.4, -0.2) is 130 Å². The van der Waals surface area contributed by atoms with Gasteiger partial charge in [0.1, 0.15) is 23.0 Å². The number of fused-ring (bicyclic) bond motifs is 2. The molecule has 0 aliphatic rings. The molecule has 4 aromatic heterocycles. The van der Waals surface area contributed by atoms with Crippen LogP contribution in [0.5, 0.6) is 23.0 Å². The minimum Gasteiger partial charge on any atom is -0.497 e. The average molecular weight is 867 g/mol. The van der Waals surface area contributed by atoms with E-state index in [1.54, 1.807) is 77.2 Å². The summed E-state index contributed by atoms with van der Waals surface area (Å²) < 4.78 is 46.4. The zero-order valence-electron chi connectivity index (χ0n) is 31.2. The van der Waals surface area contributed by atoms with Crippen LogP contribution in [-0.2, 0) is 33.1 Å². The number of methoxy groups -OCH3 is 4. The van der Waals surface area contributed by atoms with Gasteiger partial charge >= 0.3 is 45.5 Å². The Hall–Kier alpha value is -3.54. The Bertz CT molecular complexity index is 2010. The molecule has 2 aromatic carbocycles. The number of aromatic nitrogens is 6. The molecule has 0 saturated heterocycles. The fourth-order valence-electron chi connectivity index (χ4n) is 5.11. The van der Waals surface area contributed by atoms with Crippen molar-refractivity contribution in [3.63, 3.8) is 0 Å². The molecule has 0 radical (unpaired) electrons. The number of aryl methyl sites for hydroxylation is 2. The normalized spacial score (nSPS) is 11.0. The maximum Gasteiger partial charge on any atom is 2.00 e. The largest absolute Gasteiger partial charge is 2.00 e. The van der Waals surface area contributed by atoms with Crippen LogP contribution in [0.25, 0.3) is 22.1 Å². The Morgan fingerprint density at radius 2 is 0.926 bits per heavy atom. The second-order valence-electron chi connectivity index (χ2n) is 10.8. The van der Waals surface area contributed by atoms with E-state index in [2.05, 4.69) is 29.9 Å². The third kappa shape index (κ3) is 11.7. The van der Waals surface area contributed by atoms with E-state index in [9.17, 15) is 8.42 Å². The van der Waals surface area contributed by atoms with Gasteiger partial charge in [-0.2, -0.15) is 0 Å². The second-order valence-corrected chi connectivity index (χ2v) is 13.5. The first-order valence-corrected chi connectivity index (χ1v) is 17.4. The van der Waals surface area contributed by atoms with Gasteiger partial charge in [0.25, 0.3) is 0 Å². The molecular weight excluding hydrogens is 820 g/mol. The summed E-state index contributed by atoms with van der Waals surface area (Å²) in [7, 11) is 3.66. The van der Waals surface area contributed by atoms with Crippen molar-refractivity contribution in [2.75, 3.05) is 28.4 Å². The van der Waals surface area contributed by atoms with Crippen molar-refractivity contribution in [3.8, 4) is 23.0 Å². The van der Waals surface area contributed by atoms with Crippen molar-refractivity contribution in [2.24, 2.45) is 0 Å². The van der Waals surface area contributed by atoms with E-state index in [0.29, 0.717) is 43.9 Å². The maximum atomic E-state index is 12.6. The number of pyridine rings is 2. The van der Waals surface area contributed by atoms with Gasteiger partial charge in [0.2, 0.25) is 0 Å². The van der Waals surface area contributed by atoms with Crippen molar-refractivity contribution in [2.45, 2.75) is 49.5 Å². The summed E-state index contributed by atoms with van der Waals surface area (Å²) in [5.74, 6) is 3.43. The molecule has 17 nitrogen and oxygen atoms in total. The van der Waals surface area contributed by atoms with E-state index in [1.807, 2.05) is 27.7 Å². The molecule has 6 aromatic rings. The van der Waals surface area contributed by atoms with E-state index in [0.717, 1.165) is 45.1 Å². The molecule has 0 spiro atoms. The Morgan fingerprint density at radius 1 is 0.574 bits per heavy atom. The second kappa shape index (κ2) is 23.4. The molecule has 4 heterocycles. The van der Waals surface area contributed by atoms with Crippen LogP contribution in [0.2, 0.25) is 0 Å². The molecule has 0 bridgehead atoms. The molecule has 0 fully saturated rings. The molecule has 6 rings (SSSR count). The minimum absolute atomic E-state index is 0. The predicted molar refractivity (Wildman–Crippen MR) is 208 cm³/mol. The first kappa shape index (κ1) is 52.6. The summed E-state index contributed by atoms with van der Waals surface area (Å²) in [6, 6.07) is 10.8. The van der Waals surface area contributed by atoms with Crippen LogP contribution in [0.15, 0.2) is 59.1 Å². The smallest absolute Gasteiger partial charge is 0.497 e. The van der Waals surface area contributed by atoms with E-state index < -0.39 is 21.6 Å². The quantitative estimate of drug-likeness (QED) is 0.171. The van der Waals surface area contributed by atoms with Gasteiger partial charge in [-0.3, -0.25) is 18.4 Å². The zero-order chi connectivity index (χ0) is 34.5. The van der Waals surface area contributed by atoms with Crippen LogP contribution in [0.4, 0.5) is 0 Å². The number of ether oxygens (including phenoxy) is 4. The van der Waals surface area contributed by atoms with E-state index in [4.69, 9.17) is 18.9 Å². The number of rotatable bonds is 10. The molecule has 54 heavy (non-hydrogen) atoms. The molecule has 292 valence electrons. The van der Waals surface area contributed by atoms with Crippen molar-refractivity contribution in [1.82, 2.24) is 29.9 Å². The van der Waals surface area contributed by atoms with Crippen molar-refractivity contribution >= 4 is 89.1 Å². The summed E-state index contributed by atoms with van der Waals surface area (Å²) in [6.07, 6.45) is 3.46. The van der Waals surface area contributed by atoms with E-state index in [1.165, 1.54) is 0 Å². The predicted octanol–water partition coefficient (Wildman–Crippen LogP) is 0.553. The molecular formula is C34H46N6O11S2Sr. The average Bonchev–Trinajstić information content (AvgIpc) is 3.72. The van der Waals surface area contributed by atoms with Crippen LogP contribution < -0.4 is 28.9 Å². The fourth-order valence-corrected chi connectivity index (χ4v) is 7.24. The number of hydrogen-bond donors (Lipinski definition) is 0. The zero-order valence-corrected chi connectivity index (χ0v) is 36.3. The number of nitrogens with zero attached hydrogens (tertiary/aromatic N) is 6. The summed E-state index contributed by atoms with van der Waals surface area (Å²) >= 11 is 0. The van der Waals surface area contributed by atoms with Gasteiger partial charge in [0.05, 0.1) is 72.9 Å². The number of hydrogen-bond acceptors (Lipinski definition) is 10. The first-order valence-electron chi connectivity index (χ1n) is 14.8. The van der Waals surface area contributed by atoms with Gasteiger partial charge in [-0.15, -0.1) is 0 Å². The molecule has 0 saturated carbocycles. The Labute approximate surface area is 354 Å². The van der Waals surface area contributed by atoms with Crippen LogP contribution in [0, 0.1) is 27.7 Å². The molecule has 0 amide bonds. The van der Waals surface area contributed by atoms with Gasteiger partial charge in [0.15, 0.2) is 0 Å². The van der Waals surface area contributed by atoms with Gasteiger partial charge in [-0.1, -0.05) is 12.1 Å². The fraction of sp³-hybridized carbons (Fsp3) is 0.294. The topological polar surface area (TPSA) is 308 Å². The molecule has 10 N–H and O–H groups in total. The third-order valence-corrected chi connectivity index (χ3v) is 9.92. The standard InChI is InChI=1S/2C17H18N3O3S.5H2O.Sr/c2*1-10-8-18-15(11(2)16(10)23-4)9-24(21)17-19-13-6-5-12(22-3)7-14(13)20-17;;;;;;/h2*5-8H,9H2,1-4H3;5*1H2;/q2*-1;;;;;;+2/t2*24-;;;;;;/m00....../s1. The van der Waals surface area contributed by atoms with E-state index in [-0.39, 0.29) is 84.4 Å².